The van der Waals surface area contributed by atoms with Crippen LogP contribution in [0.25, 0.3) is 5.70 Å². The Morgan fingerprint density at radius 3 is 2.15 bits per heavy atom. The molecule has 8 heteroatoms. The summed E-state index contributed by atoms with van der Waals surface area (Å²) in [5.74, 6) is -0.686. The zero-order valence-electron chi connectivity index (χ0n) is 14.4. The molecule has 2 aromatic rings. The second-order valence-corrected chi connectivity index (χ2v) is 6.76. The molecule has 0 radical (unpaired) electrons. The number of hydrogen-bond donors (Lipinski definition) is 3. The first-order valence-corrected chi connectivity index (χ1v) is 9.25. The van der Waals surface area contributed by atoms with E-state index in [0.29, 0.717) is 26.9 Å². The Labute approximate surface area is 166 Å². The first kappa shape index (κ1) is 20.8. The van der Waals surface area contributed by atoms with Gasteiger partial charge in [-0.2, -0.15) is 0 Å². The Morgan fingerprint density at radius 1 is 1.00 bits per heavy atom. The molecule has 5 N–H and O–H groups in total. The smallest absolute Gasteiger partial charge is 0.303 e. The molecule has 0 aromatic heterocycles. The van der Waals surface area contributed by atoms with E-state index >= 15 is 0 Å². The summed E-state index contributed by atoms with van der Waals surface area (Å²) in [7, 11) is 0. The summed E-state index contributed by atoms with van der Waals surface area (Å²) in [6, 6.07) is 13.6. The van der Waals surface area contributed by atoms with Gasteiger partial charge in [-0.25, -0.2) is 0 Å². The first-order valence-electron chi connectivity index (χ1n) is 8.00. The number of rotatable bonds is 9. The van der Waals surface area contributed by atoms with Gasteiger partial charge in [0.15, 0.2) is 5.78 Å². The molecule has 27 heavy (non-hydrogen) atoms. The first-order chi connectivity index (χ1) is 12.9. The van der Waals surface area contributed by atoms with E-state index in [1.54, 1.807) is 48.5 Å². The van der Waals surface area contributed by atoms with E-state index in [4.69, 9.17) is 32.3 Å². The highest BCUT2D eigenvalue weighted by Crippen LogP contribution is 2.23. The van der Waals surface area contributed by atoms with E-state index in [0.717, 1.165) is 17.5 Å². The van der Waals surface area contributed by atoms with Crippen molar-refractivity contribution in [1.29, 1.82) is 0 Å². The fourth-order valence-corrected chi connectivity index (χ4v) is 2.71. The summed E-state index contributed by atoms with van der Waals surface area (Å²) < 4.78 is 5.69. The van der Waals surface area contributed by atoms with Crippen LogP contribution in [-0.4, -0.2) is 23.5 Å². The zero-order valence-corrected chi connectivity index (χ0v) is 15.9. The topological polar surface area (TPSA) is 116 Å². The van der Waals surface area contributed by atoms with Gasteiger partial charge in [0.25, 0.3) is 0 Å². The number of aliphatic carboxylic acids is 1. The second-order valence-electron chi connectivity index (χ2n) is 5.59. The molecule has 0 spiro atoms. The lowest BCUT2D eigenvalue weighted by molar-refractivity contribution is -0.136. The number of carbonyl (C=O) groups is 2. The number of ketones is 1. The Morgan fingerprint density at radius 2 is 1.59 bits per heavy atom. The number of carboxylic acids is 1. The van der Waals surface area contributed by atoms with Crippen molar-refractivity contribution < 1.29 is 19.4 Å². The van der Waals surface area contributed by atoms with Crippen LogP contribution in [0.2, 0.25) is 5.02 Å². The third-order valence-corrected chi connectivity index (χ3v) is 4.58. The minimum atomic E-state index is -1.000. The quantitative estimate of drug-likeness (QED) is 0.429. The van der Waals surface area contributed by atoms with Crippen LogP contribution >= 0.6 is 23.5 Å². The van der Waals surface area contributed by atoms with Crippen LogP contribution in [-0.2, 0) is 4.79 Å². The molecule has 0 saturated heterocycles. The maximum absolute atomic E-state index is 11.9. The lowest BCUT2D eigenvalue weighted by Crippen LogP contribution is -2.09. The largest absolute Gasteiger partial charge is 0.488 e. The molecule has 0 bridgehead atoms. The van der Waals surface area contributed by atoms with Crippen molar-refractivity contribution >= 4 is 41.0 Å². The van der Waals surface area contributed by atoms with E-state index in [1.165, 1.54) is 0 Å². The van der Waals surface area contributed by atoms with Crippen molar-refractivity contribution in [2.45, 2.75) is 12.8 Å². The Balaban J connectivity index is 2.01. The van der Waals surface area contributed by atoms with E-state index in [9.17, 15) is 9.59 Å². The molecule has 0 saturated carbocycles. The Hall–Kier alpha value is -2.48. The van der Waals surface area contributed by atoms with Gasteiger partial charge in [0.1, 0.15) is 12.4 Å². The molecular weight excluding hydrogens is 388 g/mol. The van der Waals surface area contributed by atoms with Crippen molar-refractivity contribution in [2.75, 3.05) is 6.61 Å². The predicted molar refractivity (Wildman–Crippen MR) is 107 cm³/mol. The molecule has 2 aromatic carbocycles. The number of ether oxygens (including phenoxy) is 1. The zero-order chi connectivity index (χ0) is 19.8. The Kier molecular flexibility index (Phi) is 7.72. The van der Waals surface area contributed by atoms with Gasteiger partial charge in [0.05, 0.1) is 17.0 Å². The fraction of sp³-hybridized carbons (Fsp3) is 0.158. The van der Waals surface area contributed by atoms with Gasteiger partial charge in [0, 0.05) is 17.0 Å². The van der Waals surface area contributed by atoms with Gasteiger partial charge < -0.3 is 15.6 Å². The molecule has 0 atom stereocenters. The molecule has 0 amide bonds. The molecule has 6 nitrogen and oxygen atoms in total. The highest BCUT2D eigenvalue weighted by atomic mass is 35.5. The number of hydrogen-bond acceptors (Lipinski definition) is 6. The van der Waals surface area contributed by atoms with E-state index in [2.05, 4.69) is 0 Å². The fourth-order valence-electron chi connectivity index (χ4n) is 2.22. The van der Waals surface area contributed by atoms with Crippen molar-refractivity contribution in [2.24, 2.45) is 10.9 Å². The number of benzene rings is 2. The van der Waals surface area contributed by atoms with E-state index in [-0.39, 0.29) is 25.2 Å². The molecule has 0 unspecified atom stereocenters. The van der Waals surface area contributed by atoms with Gasteiger partial charge in [-0.05, 0) is 53.9 Å². The number of nitrogens with two attached hydrogens (primary N) is 2. The van der Waals surface area contributed by atoms with Gasteiger partial charge >= 0.3 is 5.97 Å². The lowest BCUT2D eigenvalue weighted by Gasteiger charge is -2.12. The number of Topliss-reactive ketones (excluding diaryl/α,β-unsaturated/α-hetero) is 1. The summed E-state index contributed by atoms with van der Waals surface area (Å²) in [5, 5.41) is 15.0. The summed E-state index contributed by atoms with van der Waals surface area (Å²) in [6.45, 7) is 0.169. The number of carbonyl (C=O) groups excluding carboxylic acids is 1. The van der Waals surface area contributed by atoms with Gasteiger partial charge in [-0.15, -0.1) is 0 Å². The van der Waals surface area contributed by atoms with Crippen LogP contribution in [0, 0.1) is 0 Å². The maximum atomic E-state index is 11.9. The number of halogens is 1. The van der Waals surface area contributed by atoms with Crippen LogP contribution in [0.1, 0.15) is 28.8 Å². The molecule has 2 rings (SSSR count). The van der Waals surface area contributed by atoms with Crippen molar-refractivity contribution in [3.8, 4) is 5.75 Å². The minimum absolute atomic E-state index is 0.0378. The van der Waals surface area contributed by atoms with Crippen LogP contribution in [0.4, 0.5) is 0 Å². The van der Waals surface area contributed by atoms with Crippen molar-refractivity contribution in [1.82, 2.24) is 0 Å². The van der Waals surface area contributed by atoms with Gasteiger partial charge in [-0.1, -0.05) is 23.7 Å². The molecule has 142 valence electrons. The molecule has 0 aliphatic heterocycles. The third kappa shape index (κ3) is 6.32. The van der Waals surface area contributed by atoms with Crippen LogP contribution in [0.5, 0.6) is 5.75 Å². The maximum Gasteiger partial charge on any atom is 0.303 e. The molecule has 0 aliphatic rings. The van der Waals surface area contributed by atoms with E-state index < -0.39 is 5.97 Å². The van der Waals surface area contributed by atoms with Crippen LogP contribution in [0.15, 0.2) is 53.4 Å². The van der Waals surface area contributed by atoms with Crippen LogP contribution in [0.3, 0.4) is 0 Å². The molecular formula is C19H19ClN2O4S. The molecule has 0 heterocycles. The highest BCUT2D eigenvalue weighted by molar-refractivity contribution is 8.01. The predicted octanol–water partition coefficient (Wildman–Crippen LogP) is 3.70. The summed E-state index contributed by atoms with van der Waals surface area (Å²) in [4.78, 5) is 23.1. The molecule has 0 aliphatic carbocycles. The van der Waals surface area contributed by atoms with Gasteiger partial charge in [-0.3, -0.25) is 14.7 Å². The SMILES string of the molecule is NS/C(COc1ccc(C(=O)CCC(=O)O)cc1)=C(\N)c1ccc(Cl)cc1. The highest BCUT2D eigenvalue weighted by Gasteiger charge is 2.10. The standard InChI is InChI=1S/C19H19ClN2O4S/c20-14-5-1-13(2-6-14)19(21)17(27-22)11-26-15-7-3-12(4-8-15)16(23)9-10-18(24)25/h1-8H,9-11,21-22H2,(H,24,25)/b19-17-. The normalized spacial score (nSPS) is 11.6. The molecule has 0 fully saturated rings. The van der Waals surface area contributed by atoms with Crippen molar-refractivity contribution in [3.63, 3.8) is 0 Å². The third-order valence-electron chi connectivity index (χ3n) is 3.71. The summed E-state index contributed by atoms with van der Waals surface area (Å²) in [6.07, 6.45) is -0.229. The average molecular weight is 407 g/mol. The minimum Gasteiger partial charge on any atom is -0.488 e. The van der Waals surface area contributed by atoms with Crippen LogP contribution < -0.4 is 15.6 Å². The summed E-state index contributed by atoms with van der Waals surface area (Å²) in [5.41, 5.74) is 7.87. The number of carboxylic acid groups (broad SMARTS) is 1. The van der Waals surface area contributed by atoms with E-state index in [1.807, 2.05) is 0 Å². The average Bonchev–Trinajstić information content (AvgIpc) is 2.67. The Bertz CT molecular complexity index is 836. The summed E-state index contributed by atoms with van der Waals surface area (Å²) >= 11 is 6.88. The van der Waals surface area contributed by atoms with Crippen molar-refractivity contribution in [3.05, 3.63) is 69.6 Å². The lowest BCUT2D eigenvalue weighted by atomic mass is 10.1. The monoisotopic (exact) mass is 406 g/mol. The van der Waals surface area contributed by atoms with Gasteiger partial charge in [0.2, 0.25) is 0 Å². The second kappa shape index (κ2) is 10.0.